The van der Waals surface area contributed by atoms with Gasteiger partial charge in [-0.25, -0.2) is 9.97 Å². The van der Waals surface area contributed by atoms with Crippen molar-refractivity contribution in [2.24, 2.45) is 0 Å². The number of aromatic nitrogens is 3. The van der Waals surface area contributed by atoms with E-state index in [0.717, 1.165) is 20.9 Å². The van der Waals surface area contributed by atoms with E-state index in [4.69, 9.17) is 4.42 Å². The SMILES string of the molecule is CC(C)c1cnc(CSc2cnc(NC(=O)Cn3ccc4ccccc43)s2)o1. The molecular formula is C20H20N4O2S2. The third-order valence-electron chi connectivity index (χ3n) is 4.20. The standard InChI is InChI=1S/C20H20N4O2S2/c1-13(2)16-9-21-18(26-16)12-27-19-10-22-20(28-19)23-17(25)11-24-8-7-14-5-3-4-6-15(14)24/h3-10,13H,11-12H2,1-2H3,(H,22,23,25). The molecule has 0 aliphatic heterocycles. The third kappa shape index (κ3) is 4.28. The van der Waals surface area contributed by atoms with Crippen molar-refractivity contribution in [1.82, 2.24) is 14.5 Å². The van der Waals surface area contributed by atoms with Gasteiger partial charge in [0.25, 0.3) is 0 Å². The minimum atomic E-state index is -0.0958. The van der Waals surface area contributed by atoms with Crippen molar-refractivity contribution in [3.63, 3.8) is 0 Å². The van der Waals surface area contributed by atoms with Gasteiger partial charge in [-0.15, -0.1) is 11.8 Å². The molecule has 4 aromatic rings. The Hall–Kier alpha value is -2.58. The molecule has 0 saturated heterocycles. The molecule has 0 bridgehead atoms. The number of para-hydroxylation sites is 1. The van der Waals surface area contributed by atoms with Gasteiger partial charge in [-0.3, -0.25) is 4.79 Å². The summed E-state index contributed by atoms with van der Waals surface area (Å²) in [6.45, 7) is 4.40. The van der Waals surface area contributed by atoms with Crippen molar-refractivity contribution in [3.8, 4) is 0 Å². The number of benzene rings is 1. The zero-order valence-corrected chi connectivity index (χ0v) is 17.2. The molecule has 144 valence electrons. The molecule has 0 spiro atoms. The van der Waals surface area contributed by atoms with Crippen LogP contribution in [0.1, 0.15) is 31.4 Å². The molecule has 0 aliphatic rings. The fourth-order valence-electron chi connectivity index (χ4n) is 2.77. The highest BCUT2D eigenvalue weighted by Crippen LogP contribution is 2.31. The van der Waals surface area contributed by atoms with E-state index in [-0.39, 0.29) is 12.5 Å². The number of carbonyl (C=O) groups excluding carboxylic acids is 1. The molecule has 3 heterocycles. The van der Waals surface area contributed by atoms with Crippen LogP contribution in [-0.2, 0) is 17.1 Å². The van der Waals surface area contributed by atoms with Crippen molar-refractivity contribution >= 4 is 45.0 Å². The monoisotopic (exact) mass is 412 g/mol. The Morgan fingerprint density at radius 3 is 2.93 bits per heavy atom. The number of hydrogen-bond acceptors (Lipinski definition) is 6. The van der Waals surface area contributed by atoms with Crippen LogP contribution in [0.15, 0.2) is 57.5 Å². The number of amides is 1. The first kappa shape index (κ1) is 18.8. The molecule has 0 aliphatic carbocycles. The van der Waals surface area contributed by atoms with Crippen LogP contribution in [0.4, 0.5) is 5.13 Å². The van der Waals surface area contributed by atoms with Crippen LogP contribution in [-0.4, -0.2) is 20.4 Å². The van der Waals surface area contributed by atoms with Gasteiger partial charge in [0.05, 0.1) is 22.4 Å². The van der Waals surface area contributed by atoms with Crippen molar-refractivity contribution in [2.75, 3.05) is 5.32 Å². The summed E-state index contributed by atoms with van der Waals surface area (Å²) in [6.07, 6.45) is 5.47. The maximum absolute atomic E-state index is 12.4. The molecule has 1 aromatic carbocycles. The number of fused-ring (bicyclic) bond motifs is 1. The molecule has 8 heteroatoms. The molecule has 0 atom stereocenters. The lowest BCUT2D eigenvalue weighted by molar-refractivity contribution is -0.116. The third-order valence-corrected chi connectivity index (χ3v) is 6.30. The topological polar surface area (TPSA) is 73.0 Å². The van der Waals surface area contributed by atoms with Gasteiger partial charge in [0.2, 0.25) is 11.8 Å². The summed E-state index contributed by atoms with van der Waals surface area (Å²) in [5.41, 5.74) is 1.04. The molecule has 0 unspecified atom stereocenters. The molecule has 4 rings (SSSR count). The number of thiazole rings is 1. The molecule has 0 fully saturated rings. The van der Waals surface area contributed by atoms with Gasteiger partial charge in [-0.2, -0.15) is 0 Å². The van der Waals surface area contributed by atoms with E-state index < -0.39 is 0 Å². The summed E-state index contributed by atoms with van der Waals surface area (Å²) in [7, 11) is 0. The predicted molar refractivity (Wildman–Crippen MR) is 113 cm³/mol. The highest BCUT2D eigenvalue weighted by Gasteiger charge is 2.11. The summed E-state index contributed by atoms with van der Waals surface area (Å²) in [5.74, 6) is 2.46. The molecule has 6 nitrogen and oxygen atoms in total. The zero-order chi connectivity index (χ0) is 19.5. The second-order valence-electron chi connectivity index (χ2n) is 6.63. The van der Waals surface area contributed by atoms with Crippen LogP contribution in [0.25, 0.3) is 10.9 Å². The van der Waals surface area contributed by atoms with Crippen LogP contribution in [0.5, 0.6) is 0 Å². The van der Waals surface area contributed by atoms with Gasteiger partial charge in [0, 0.05) is 17.6 Å². The van der Waals surface area contributed by atoms with E-state index in [2.05, 4.69) is 29.1 Å². The highest BCUT2D eigenvalue weighted by atomic mass is 32.2. The number of thioether (sulfide) groups is 1. The van der Waals surface area contributed by atoms with Gasteiger partial charge < -0.3 is 14.3 Å². The van der Waals surface area contributed by atoms with E-state index in [0.29, 0.717) is 22.7 Å². The Labute approximate surface area is 171 Å². The summed E-state index contributed by atoms with van der Waals surface area (Å²) >= 11 is 3.05. The fourth-order valence-corrected chi connectivity index (χ4v) is 4.51. The number of rotatable bonds is 7. The molecule has 0 radical (unpaired) electrons. The summed E-state index contributed by atoms with van der Waals surface area (Å²) < 4.78 is 8.65. The lowest BCUT2D eigenvalue weighted by Crippen LogP contribution is -2.17. The van der Waals surface area contributed by atoms with Crippen molar-refractivity contribution in [2.45, 2.75) is 36.3 Å². The first-order valence-electron chi connectivity index (χ1n) is 8.95. The molecule has 1 amide bonds. The van der Waals surface area contributed by atoms with E-state index >= 15 is 0 Å². The van der Waals surface area contributed by atoms with E-state index in [9.17, 15) is 4.79 Å². The van der Waals surface area contributed by atoms with Crippen LogP contribution < -0.4 is 5.32 Å². The van der Waals surface area contributed by atoms with E-state index in [1.807, 2.05) is 41.1 Å². The smallest absolute Gasteiger partial charge is 0.246 e. The van der Waals surface area contributed by atoms with Gasteiger partial charge in [0.1, 0.15) is 12.3 Å². The lowest BCUT2D eigenvalue weighted by atomic mass is 10.2. The quantitative estimate of drug-likeness (QED) is 0.426. The van der Waals surface area contributed by atoms with Gasteiger partial charge in [-0.05, 0) is 17.5 Å². The fraction of sp³-hybridized carbons (Fsp3) is 0.250. The second-order valence-corrected chi connectivity index (χ2v) is 8.94. The highest BCUT2D eigenvalue weighted by molar-refractivity contribution is 8.00. The lowest BCUT2D eigenvalue weighted by Gasteiger charge is -2.05. The normalized spacial score (nSPS) is 11.4. The molecule has 1 N–H and O–H groups in total. The minimum Gasteiger partial charge on any atom is -0.445 e. The molecular weight excluding hydrogens is 392 g/mol. The second kappa shape index (κ2) is 8.20. The predicted octanol–water partition coefficient (Wildman–Crippen LogP) is 5.14. The number of nitrogens with one attached hydrogen (secondary N) is 1. The first-order valence-corrected chi connectivity index (χ1v) is 10.8. The summed E-state index contributed by atoms with van der Waals surface area (Å²) in [6, 6.07) is 10.0. The summed E-state index contributed by atoms with van der Waals surface area (Å²) in [4.78, 5) is 21.0. The Morgan fingerprint density at radius 2 is 2.11 bits per heavy atom. The largest absolute Gasteiger partial charge is 0.445 e. The number of nitrogens with zero attached hydrogens (tertiary/aromatic N) is 3. The Balaban J connectivity index is 1.33. The van der Waals surface area contributed by atoms with Gasteiger partial charge >= 0.3 is 0 Å². The van der Waals surface area contributed by atoms with Crippen LogP contribution in [0, 0.1) is 0 Å². The first-order chi connectivity index (χ1) is 13.6. The van der Waals surface area contributed by atoms with E-state index in [1.54, 1.807) is 24.2 Å². The van der Waals surface area contributed by atoms with Gasteiger partial charge in [-0.1, -0.05) is 43.4 Å². The Bertz CT molecular complexity index is 1100. The number of hydrogen-bond donors (Lipinski definition) is 1. The number of carbonyl (C=O) groups is 1. The van der Waals surface area contributed by atoms with Crippen LogP contribution in [0.3, 0.4) is 0 Å². The van der Waals surface area contributed by atoms with Crippen molar-refractivity contribution < 1.29 is 9.21 Å². The maximum atomic E-state index is 12.4. The van der Waals surface area contributed by atoms with Crippen LogP contribution in [0.2, 0.25) is 0 Å². The Morgan fingerprint density at radius 1 is 1.25 bits per heavy atom. The van der Waals surface area contributed by atoms with Crippen molar-refractivity contribution in [1.29, 1.82) is 0 Å². The average Bonchev–Trinajstić information content (AvgIpc) is 3.40. The van der Waals surface area contributed by atoms with Crippen LogP contribution >= 0.6 is 23.1 Å². The zero-order valence-electron chi connectivity index (χ0n) is 15.6. The number of anilines is 1. The molecule has 28 heavy (non-hydrogen) atoms. The van der Waals surface area contributed by atoms with Crippen molar-refractivity contribution in [3.05, 3.63) is 60.6 Å². The minimum absolute atomic E-state index is 0.0958. The molecule has 0 saturated carbocycles. The average molecular weight is 413 g/mol. The summed E-state index contributed by atoms with van der Waals surface area (Å²) in [5, 5.41) is 4.60. The van der Waals surface area contributed by atoms with Gasteiger partial charge in [0.15, 0.2) is 5.13 Å². The molecule has 3 aromatic heterocycles. The number of oxazole rings is 1. The van der Waals surface area contributed by atoms with E-state index in [1.165, 1.54) is 11.3 Å². The maximum Gasteiger partial charge on any atom is 0.246 e. The Kier molecular flexibility index (Phi) is 5.50.